The molecule has 0 heterocycles. The van der Waals surface area contributed by atoms with Crippen molar-refractivity contribution in [1.29, 1.82) is 0 Å². The van der Waals surface area contributed by atoms with E-state index < -0.39 is 6.29 Å². The summed E-state index contributed by atoms with van der Waals surface area (Å²) in [7, 11) is 0. The van der Waals surface area contributed by atoms with E-state index in [9.17, 15) is 5.11 Å². The fourth-order valence-corrected chi connectivity index (χ4v) is 0.818. The SMILES string of the molecule is CC(O)Oc1ccc(N)cc1O.Cl. The maximum Gasteiger partial charge on any atom is 0.194 e. The van der Waals surface area contributed by atoms with E-state index in [1.807, 2.05) is 0 Å². The number of halogens is 1. The van der Waals surface area contributed by atoms with Gasteiger partial charge < -0.3 is 20.7 Å². The van der Waals surface area contributed by atoms with Gasteiger partial charge in [0, 0.05) is 11.8 Å². The van der Waals surface area contributed by atoms with Gasteiger partial charge in [0.15, 0.2) is 17.8 Å². The van der Waals surface area contributed by atoms with Crippen molar-refractivity contribution in [3.63, 3.8) is 0 Å². The van der Waals surface area contributed by atoms with Gasteiger partial charge in [0.05, 0.1) is 0 Å². The minimum Gasteiger partial charge on any atom is -0.504 e. The molecule has 13 heavy (non-hydrogen) atoms. The molecule has 0 aromatic heterocycles. The van der Waals surface area contributed by atoms with Gasteiger partial charge in [-0.1, -0.05) is 0 Å². The number of aromatic hydroxyl groups is 1. The molecule has 0 fully saturated rings. The van der Waals surface area contributed by atoms with Crippen LogP contribution in [0.3, 0.4) is 0 Å². The van der Waals surface area contributed by atoms with Crippen LogP contribution in [-0.2, 0) is 0 Å². The lowest BCUT2D eigenvalue weighted by Gasteiger charge is -2.09. The minimum atomic E-state index is -0.945. The fraction of sp³-hybridized carbons (Fsp3) is 0.250. The summed E-state index contributed by atoms with van der Waals surface area (Å²) in [5.41, 5.74) is 5.83. The third kappa shape index (κ3) is 3.40. The zero-order chi connectivity index (χ0) is 9.14. The number of benzene rings is 1. The number of nitrogen functional groups attached to an aromatic ring is 1. The maximum atomic E-state index is 9.22. The van der Waals surface area contributed by atoms with Crippen molar-refractivity contribution in [3.8, 4) is 11.5 Å². The molecule has 74 valence electrons. The topological polar surface area (TPSA) is 75.7 Å². The minimum absolute atomic E-state index is 0. The first kappa shape index (κ1) is 11.9. The van der Waals surface area contributed by atoms with Crippen molar-refractivity contribution in [2.24, 2.45) is 0 Å². The summed E-state index contributed by atoms with van der Waals surface area (Å²) in [4.78, 5) is 0. The van der Waals surface area contributed by atoms with E-state index in [0.29, 0.717) is 5.69 Å². The van der Waals surface area contributed by atoms with E-state index in [1.54, 1.807) is 6.07 Å². The number of phenolic OH excluding ortho intramolecular Hbond substituents is 1. The highest BCUT2D eigenvalue weighted by atomic mass is 35.5. The first-order valence-corrected chi connectivity index (χ1v) is 3.53. The van der Waals surface area contributed by atoms with E-state index in [1.165, 1.54) is 19.1 Å². The van der Waals surface area contributed by atoms with Gasteiger partial charge in [-0.2, -0.15) is 0 Å². The molecular formula is C8H12ClNO3. The molecule has 0 saturated carbocycles. The lowest BCUT2D eigenvalue weighted by Crippen LogP contribution is -2.09. The summed E-state index contributed by atoms with van der Waals surface area (Å²) >= 11 is 0. The van der Waals surface area contributed by atoms with E-state index in [2.05, 4.69) is 0 Å². The molecule has 1 atom stereocenters. The first-order valence-electron chi connectivity index (χ1n) is 3.53. The van der Waals surface area contributed by atoms with Crippen LogP contribution in [0.4, 0.5) is 5.69 Å². The smallest absolute Gasteiger partial charge is 0.194 e. The molecule has 1 rings (SSSR count). The number of aliphatic hydroxyl groups excluding tert-OH is 1. The van der Waals surface area contributed by atoms with Gasteiger partial charge in [-0.3, -0.25) is 0 Å². The van der Waals surface area contributed by atoms with Crippen LogP contribution >= 0.6 is 12.4 Å². The number of phenols is 1. The second kappa shape index (κ2) is 4.79. The van der Waals surface area contributed by atoms with E-state index >= 15 is 0 Å². The Kier molecular flexibility index (Phi) is 4.37. The van der Waals surface area contributed by atoms with E-state index in [0.717, 1.165) is 0 Å². The summed E-state index contributed by atoms with van der Waals surface area (Å²) in [6.45, 7) is 1.45. The average molecular weight is 206 g/mol. The highest BCUT2D eigenvalue weighted by molar-refractivity contribution is 5.85. The average Bonchev–Trinajstić information content (AvgIpc) is 1.94. The molecule has 0 saturated heterocycles. The predicted molar refractivity (Wildman–Crippen MR) is 52.1 cm³/mol. The van der Waals surface area contributed by atoms with Crippen molar-refractivity contribution in [2.75, 3.05) is 5.73 Å². The molecule has 0 spiro atoms. The molecule has 0 aliphatic carbocycles. The summed E-state index contributed by atoms with van der Waals surface area (Å²) in [5, 5.41) is 18.1. The Morgan fingerprint density at radius 3 is 2.54 bits per heavy atom. The Bertz CT molecular complexity index is 278. The summed E-state index contributed by atoms with van der Waals surface area (Å²) in [6.07, 6.45) is -0.945. The molecule has 1 aromatic carbocycles. The van der Waals surface area contributed by atoms with Gasteiger partial charge in [0.25, 0.3) is 0 Å². The lowest BCUT2D eigenvalue weighted by molar-refractivity contribution is -0.00205. The van der Waals surface area contributed by atoms with Crippen LogP contribution in [0.25, 0.3) is 0 Å². The molecule has 0 amide bonds. The van der Waals surface area contributed by atoms with Crippen molar-refractivity contribution in [3.05, 3.63) is 18.2 Å². The summed E-state index contributed by atoms with van der Waals surface area (Å²) in [6, 6.07) is 4.44. The quantitative estimate of drug-likeness (QED) is 0.500. The normalized spacial score (nSPS) is 11.5. The second-order valence-corrected chi connectivity index (χ2v) is 2.44. The van der Waals surface area contributed by atoms with Crippen molar-refractivity contribution < 1.29 is 14.9 Å². The second-order valence-electron chi connectivity index (χ2n) is 2.44. The highest BCUT2D eigenvalue weighted by Gasteiger charge is 2.04. The Balaban J connectivity index is 0.00000144. The van der Waals surface area contributed by atoms with Gasteiger partial charge in [-0.15, -0.1) is 12.4 Å². The molecule has 4 nitrogen and oxygen atoms in total. The molecule has 1 unspecified atom stereocenters. The van der Waals surface area contributed by atoms with Crippen molar-refractivity contribution in [2.45, 2.75) is 13.2 Å². The van der Waals surface area contributed by atoms with Crippen LogP contribution in [0.15, 0.2) is 18.2 Å². The van der Waals surface area contributed by atoms with Gasteiger partial charge in [-0.25, -0.2) is 0 Å². The van der Waals surface area contributed by atoms with Gasteiger partial charge >= 0.3 is 0 Å². The summed E-state index contributed by atoms with van der Waals surface area (Å²) < 4.78 is 4.85. The molecule has 1 aromatic rings. The third-order valence-electron chi connectivity index (χ3n) is 1.28. The molecule has 0 bridgehead atoms. The van der Waals surface area contributed by atoms with Crippen molar-refractivity contribution >= 4 is 18.1 Å². The van der Waals surface area contributed by atoms with Gasteiger partial charge in [0.1, 0.15) is 0 Å². The number of ether oxygens (including phenoxy) is 1. The lowest BCUT2D eigenvalue weighted by atomic mass is 10.3. The number of anilines is 1. The number of rotatable bonds is 2. The number of nitrogens with two attached hydrogens (primary N) is 1. The molecule has 5 heteroatoms. The third-order valence-corrected chi connectivity index (χ3v) is 1.28. The molecular weight excluding hydrogens is 194 g/mol. The predicted octanol–water partition coefficient (Wildman–Crippen LogP) is 1.11. The van der Waals surface area contributed by atoms with Gasteiger partial charge in [-0.05, 0) is 19.1 Å². The van der Waals surface area contributed by atoms with Crippen LogP contribution in [-0.4, -0.2) is 16.5 Å². The number of hydrogen-bond donors (Lipinski definition) is 3. The zero-order valence-corrected chi connectivity index (χ0v) is 7.91. The van der Waals surface area contributed by atoms with Crippen LogP contribution in [0.2, 0.25) is 0 Å². The number of aliphatic hydroxyl groups is 1. The standard InChI is InChI=1S/C8H11NO3.ClH/c1-5(10)12-8-3-2-6(9)4-7(8)11;/h2-5,10-11H,9H2,1H3;1H. The summed E-state index contributed by atoms with van der Waals surface area (Å²) in [5.74, 6) is 0.148. The first-order chi connectivity index (χ1) is 5.59. The zero-order valence-electron chi connectivity index (χ0n) is 7.10. The maximum absolute atomic E-state index is 9.22. The van der Waals surface area contributed by atoms with Crippen LogP contribution < -0.4 is 10.5 Å². The molecule has 0 aliphatic rings. The van der Waals surface area contributed by atoms with Gasteiger partial charge in [0.2, 0.25) is 0 Å². The molecule has 0 aliphatic heterocycles. The van der Waals surface area contributed by atoms with Crippen LogP contribution in [0.5, 0.6) is 11.5 Å². The molecule has 4 N–H and O–H groups in total. The largest absolute Gasteiger partial charge is 0.504 e. The van der Waals surface area contributed by atoms with E-state index in [4.69, 9.17) is 15.6 Å². The number of hydrogen-bond acceptors (Lipinski definition) is 4. The Morgan fingerprint density at radius 2 is 2.08 bits per heavy atom. The van der Waals surface area contributed by atoms with E-state index in [-0.39, 0.29) is 23.9 Å². The highest BCUT2D eigenvalue weighted by Crippen LogP contribution is 2.28. The van der Waals surface area contributed by atoms with Crippen molar-refractivity contribution in [1.82, 2.24) is 0 Å². The Hall–Kier alpha value is -1.13. The Morgan fingerprint density at radius 1 is 1.46 bits per heavy atom. The Labute approximate surface area is 82.4 Å². The van der Waals surface area contributed by atoms with Crippen LogP contribution in [0.1, 0.15) is 6.92 Å². The van der Waals surface area contributed by atoms with Crippen LogP contribution in [0, 0.1) is 0 Å². The monoisotopic (exact) mass is 205 g/mol. The molecule has 0 radical (unpaired) electrons. The fourth-order valence-electron chi connectivity index (χ4n) is 0.818.